The van der Waals surface area contributed by atoms with Gasteiger partial charge in [0.25, 0.3) is 5.91 Å². The molecule has 2 N–H and O–H groups in total. The second kappa shape index (κ2) is 6.70. The van der Waals surface area contributed by atoms with Crippen molar-refractivity contribution >= 4 is 33.8 Å². The van der Waals surface area contributed by atoms with E-state index in [1.54, 1.807) is 22.7 Å². The minimum Gasteiger partial charge on any atom is -0.390 e. The normalized spacial score (nSPS) is 11.1. The fraction of sp³-hybridized carbons (Fsp3) is 0.250. The molecular formula is C16H16ClN3O2S. The highest BCUT2D eigenvalue weighted by atomic mass is 35.5. The lowest BCUT2D eigenvalue weighted by atomic mass is 10.1. The van der Waals surface area contributed by atoms with Crippen LogP contribution in [-0.2, 0) is 6.61 Å². The van der Waals surface area contributed by atoms with Gasteiger partial charge in [-0.05, 0) is 18.6 Å². The van der Waals surface area contributed by atoms with Crippen LogP contribution in [0.2, 0.25) is 5.02 Å². The summed E-state index contributed by atoms with van der Waals surface area (Å²) in [5, 5.41) is 13.2. The Kier molecular flexibility index (Phi) is 4.66. The van der Waals surface area contributed by atoms with Gasteiger partial charge in [-0.25, -0.2) is 4.98 Å². The summed E-state index contributed by atoms with van der Waals surface area (Å²) < 4.78 is 1.77. The summed E-state index contributed by atoms with van der Waals surface area (Å²) in [6, 6.07) is 7.30. The van der Waals surface area contributed by atoms with E-state index in [4.69, 9.17) is 11.6 Å². The number of imidazole rings is 1. The number of carbonyl (C=O) groups excluding carboxylic acids is 1. The molecule has 0 spiro atoms. The Morgan fingerprint density at radius 1 is 1.39 bits per heavy atom. The Balaban J connectivity index is 2.00. The molecule has 0 bridgehead atoms. The van der Waals surface area contributed by atoms with Gasteiger partial charge in [0.05, 0.1) is 18.0 Å². The first-order valence-corrected chi connectivity index (χ1v) is 8.49. The number of aliphatic hydroxyl groups is 1. The highest BCUT2D eigenvalue weighted by Gasteiger charge is 2.18. The van der Waals surface area contributed by atoms with Gasteiger partial charge in [-0.2, -0.15) is 0 Å². The number of carbonyl (C=O) groups is 1. The van der Waals surface area contributed by atoms with Gasteiger partial charge in [0.1, 0.15) is 4.88 Å². The van der Waals surface area contributed by atoms with Crippen LogP contribution in [0.1, 0.15) is 28.7 Å². The smallest absolute Gasteiger partial charge is 0.263 e. The third-order valence-corrected chi connectivity index (χ3v) is 4.69. The fourth-order valence-electron chi connectivity index (χ4n) is 2.31. The predicted molar refractivity (Wildman–Crippen MR) is 92.1 cm³/mol. The van der Waals surface area contributed by atoms with Crippen molar-refractivity contribution in [2.24, 2.45) is 0 Å². The second-order valence-corrected chi connectivity index (χ2v) is 6.52. The molecule has 3 aromatic rings. The number of aromatic nitrogens is 2. The number of halogens is 1. The van der Waals surface area contributed by atoms with Crippen LogP contribution >= 0.6 is 22.9 Å². The van der Waals surface area contributed by atoms with Crippen molar-refractivity contribution in [1.82, 2.24) is 14.7 Å². The fourth-order valence-corrected chi connectivity index (χ4v) is 3.36. The zero-order chi connectivity index (χ0) is 16.4. The van der Waals surface area contributed by atoms with E-state index in [0.29, 0.717) is 32.8 Å². The average molecular weight is 350 g/mol. The zero-order valence-electron chi connectivity index (χ0n) is 12.5. The molecule has 5 nitrogen and oxygen atoms in total. The molecule has 7 heteroatoms. The van der Waals surface area contributed by atoms with Crippen molar-refractivity contribution in [3.05, 3.63) is 46.1 Å². The molecule has 2 heterocycles. The molecule has 0 radical (unpaired) electrons. The van der Waals surface area contributed by atoms with Crippen LogP contribution in [0.15, 0.2) is 30.5 Å². The highest BCUT2D eigenvalue weighted by molar-refractivity contribution is 7.18. The SMILES string of the molecule is CCCNC(=O)c1cn2c(CO)c(-c3ccc(Cl)cc3)nc2s1. The molecule has 2 aromatic heterocycles. The van der Waals surface area contributed by atoms with Gasteiger partial charge in [-0.3, -0.25) is 9.20 Å². The predicted octanol–water partition coefficient (Wildman–Crippen LogP) is 3.35. The summed E-state index contributed by atoms with van der Waals surface area (Å²) in [7, 11) is 0. The topological polar surface area (TPSA) is 66.6 Å². The van der Waals surface area contributed by atoms with Crippen LogP contribution in [0.25, 0.3) is 16.2 Å². The Labute approximate surface area is 142 Å². The van der Waals surface area contributed by atoms with Crippen molar-refractivity contribution < 1.29 is 9.90 Å². The van der Waals surface area contributed by atoms with Crippen molar-refractivity contribution in [1.29, 1.82) is 0 Å². The van der Waals surface area contributed by atoms with Gasteiger partial charge in [-0.15, -0.1) is 0 Å². The third-order valence-electron chi connectivity index (χ3n) is 3.45. The van der Waals surface area contributed by atoms with Crippen LogP contribution in [0.4, 0.5) is 0 Å². The Hall–Kier alpha value is -1.89. The Bertz CT molecular complexity index is 839. The van der Waals surface area contributed by atoms with Gasteiger partial charge >= 0.3 is 0 Å². The summed E-state index contributed by atoms with van der Waals surface area (Å²) in [5.41, 5.74) is 2.25. The van der Waals surface area contributed by atoms with Crippen LogP contribution in [0.3, 0.4) is 0 Å². The monoisotopic (exact) mass is 349 g/mol. The molecule has 0 fully saturated rings. The molecule has 23 heavy (non-hydrogen) atoms. The van der Waals surface area contributed by atoms with Gasteiger partial charge in [0, 0.05) is 23.3 Å². The van der Waals surface area contributed by atoms with E-state index < -0.39 is 0 Å². The van der Waals surface area contributed by atoms with Crippen LogP contribution in [0, 0.1) is 0 Å². The lowest BCUT2D eigenvalue weighted by Gasteiger charge is -2.02. The van der Waals surface area contributed by atoms with Gasteiger partial charge in [0.2, 0.25) is 0 Å². The summed E-state index contributed by atoms with van der Waals surface area (Å²) in [6.45, 7) is 2.48. The van der Waals surface area contributed by atoms with E-state index in [1.165, 1.54) is 11.3 Å². The largest absolute Gasteiger partial charge is 0.390 e. The molecule has 0 unspecified atom stereocenters. The molecule has 3 rings (SSSR count). The summed E-state index contributed by atoms with van der Waals surface area (Å²) in [4.78, 5) is 17.9. The minimum atomic E-state index is -0.161. The van der Waals surface area contributed by atoms with E-state index in [-0.39, 0.29) is 12.5 Å². The lowest BCUT2D eigenvalue weighted by Crippen LogP contribution is -2.23. The molecule has 120 valence electrons. The van der Waals surface area contributed by atoms with Gasteiger partial charge in [0.15, 0.2) is 4.96 Å². The first-order valence-electron chi connectivity index (χ1n) is 7.29. The number of hydrogen-bond acceptors (Lipinski definition) is 4. The van der Waals surface area contributed by atoms with Gasteiger partial charge < -0.3 is 10.4 Å². The van der Waals surface area contributed by atoms with Crippen LogP contribution in [0.5, 0.6) is 0 Å². The number of nitrogens with zero attached hydrogens (tertiary/aromatic N) is 2. The number of amides is 1. The molecular weight excluding hydrogens is 334 g/mol. The maximum atomic E-state index is 12.0. The lowest BCUT2D eigenvalue weighted by molar-refractivity contribution is 0.0957. The third kappa shape index (κ3) is 3.10. The first-order chi connectivity index (χ1) is 11.1. The number of benzene rings is 1. The van der Waals surface area contributed by atoms with Crippen molar-refractivity contribution in [2.75, 3.05) is 6.54 Å². The Morgan fingerprint density at radius 2 is 2.13 bits per heavy atom. The maximum Gasteiger partial charge on any atom is 0.263 e. The Morgan fingerprint density at radius 3 is 2.78 bits per heavy atom. The van der Waals surface area contributed by atoms with E-state index >= 15 is 0 Å². The molecule has 0 saturated heterocycles. The minimum absolute atomic E-state index is 0.112. The maximum absolute atomic E-state index is 12.0. The summed E-state index contributed by atoms with van der Waals surface area (Å²) in [6.07, 6.45) is 2.61. The number of rotatable bonds is 5. The van der Waals surface area contributed by atoms with E-state index in [9.17, 15) is 9.90 Å². The number of aliphatic hydroxyl groups excluding tert-OH is 1. The highest BCUT2D eigenvalue weighted by Crippen LogP contribution is 2.29. The quantitative estimate of drug-likeness (QED) is 0.742. The molecule has 0 aliphatic heterocycles. The van der Waals surface area contributed by atoms with E-state index in [0.717, 1.165) is 12.0 Å². The molecule has 0 saturated carbocycles. The second-order valence-electron chi connectivity index (χ2n) is 5.08. The molecule has 0 aliphatic rings. The standard InChI is InChI=1S/C16H16ClN3O2S/c1-2-7-18-15(22)13-8-20-12(9-21)14(19-16(20)23-13)10-3-5-11(17)6-4-10/h3-6,8,21H,2,7,9H2,1H3,(H,18,22). The van der Waals surface area contributed by atoms with E-state index in [2.05, 4.69) is 10.3 Å². The molecule has 0 atom stereocenters. The van der Waals surface area contributed by atoms with Crippen molar-refractivity contribution in [3.63, 3.8) is 0 Å². The zero-order valence-corrected chi connectivity index (χ0v) is 14.1. The van der Waals surface area contributed by atoms with Crippen molar-refractivity contribution in [3.8, 4) is 11.3 Å². The van der Waals surface area contributed by atoms with Crippen LogP contribution < -0.4 is 5.32 Å². The van der Waals surface area contributed by atoms with Gasteiger partial charge in [-0.1, -0.05) is 42.0 Å². The summed E-state index contributed by atoms with van der Waals surface area (Å²) in [5.74, 6) is -0.112. The number of hydrogen-bond donors (Lipinski definition) is 2. The number of nitrogens with one attached hydrogen (secondary N) is 1. The molecule has 1 amide bonds. The summed E-state index contributed by atoms with van der Waals surface area (Å²) >= 11 is 7.22. The molecule has 1 aromatic carbocycles. The van der Waals surface area contributed by atoms with E-state index in [1.807, 2.05) is 19.1 Å². The first kappa shape index (κ1) is 16.0. The van der Waals surface area contributed by atoms with Crippen LogP contribution in [-0.4, -0.2) is 26.9 Å². The number of fused-ring (bicyclic) bond motifs is 1. The number of thiazole rings is 1. The van der Waals surface area contributed by atoms with Crippen molar-refractivity contribution in [2.45, 2.75) is 20.0 Å². The average Bonchev–Trinajstić information content (AvgIpc) is 3.10. The molecule has 0 aliphatic carbocycles.